The lowest BCUT2D eigenvalue weighted by molar-refractivity contribution is 0.114. The predicted molar refractivity (Wildman–Crippen MR) is 77.8 cm³/mol. The zero-order valence-corrected chi connectivity index (χ0v) is 12.3. The summed E-state index contributed by atoms with van der Waals surface area (Å²) in [5, 5.41) is 0. The molecule has 0 aliphatic carbocycles. The van der Waals surface area contributed by atoms with Crippen molar-refractivity contribution in [2.75, 3.05) is 13.2 Å². The molecule has 2 heteroatoms. The van der Waals surface area contributed by atoms with E-state index in [4.69, 9.17) is 10.5 Å². The van der Waals surface area contributed by atoms with Gasteiger partial charge in [0.25, 0.3) is 0 Å². The van der Waals surface area contributed by atoms with Crippen LogP contribution < -0.4 is 5.73 Å². The molecule has 0 spiro atoms. The van der Waals surface area contributed by atoms with Gasteiger partial charge in [-0.25, -0.2) is 0 Å². The monoisotopic (exact) mass is 249 g/mol. The van der Waals surface area contributed by atoms with E-state index in [-0.39, 0.29) is 5.54 Å². The molecule has 1 atom stereocenters. The lowest BCUT2D eigenvalue weighted by atomic mass is 9.86. The molecule has 1 aromatic rings. The van der Waals surface area contributed by atoms with Crippen LogP contribution in [0.25, 0.3) is 0 Å². The molecule has 2 N–H and O–H groups in total. The topological polar surface area (TPSA) is 35.2 Å². The summed E-state index contributed by atoms with van der Waals surface area (Å²) >= 11 is 0. The molecule has 0 aromatic heterocycles. The Morgan fingerprint density at radius 2 is 1.94 bits per heavy atom. The molecule has 102 valence electrons. The number of nitrogens with two attached hydrogens (primary N) is 1. The SMILES string of the molecule is CCCCOCCC(C)(N)c1cc(C)ccc1C. The molecule has 0 radical (unpaired) electrons. The van der Waals surface area contributed by atoms with E-state index < -0.39 is 0 Å². The summed E-state index contributed by atoms with van der Waals surface area (Å²) in [4.78, 5) is 0. The van der Waals surface area contributed by atoms with Crippen LogP contribution in [0, 0.1) is 13.8 Å². The van der Waals surface area contributed by atoms with E-state index in [1.54, 1.807) is 0 Å². The van der Waals surface area contributed by atoms with E-state index in [2.05, 4.69) is 45.9 Å². The second-order valence-electron chi connectivity index (χ2n) is 5.45. The van der Waals surface area contributed by atoms with Crippen LogP contribution in [0.15, 0.2) is 18.2 Å². The van der Waals surface area contributed by atoms with Gasteiger partial charge in [-0.15, -0.1) is 0 Å². The highest BCUT2D eigenvalue weighted by atomic mass is 16.5. The summed E-state index contributed by atoms with van der Waals surface area (Å²) in [5.74, 6) is 0. The lowest BCUT2D eigenvalue weighted by Crippen LogP contribution is -2.35. The lowest BCUT2D eigenvalue weighted by Gasteiger charge is -2.27. The molecular weight excluding hydrogens is 222 g/mol. The zero-order chi connectivity index (χ0) is 13.6. The molecular formula is C16H27NO. The minimum absolute atomic E-state index is 0.303. The van der Waals surface area contributed by atoms with Crippen LogP contribution in [0.4, 0.5) is 0 Å². The number of benzene rings is 1. The first kappa shape index (κ1) is 15.2. The molecule has 0 heterocycles. The Morgan fingerprint density at radius 3 is 2.61 bits per heavy atom. The van der Waals surface area contributed by atoms with Crippen molar-refractivity contribution in [3.63, 3.8) is 0 Å². The average molecular weight is 249 g/mol. The van der Waals surface area contributed by atoms with Crippen molar-refractivity contribution < 1.29 is 4.74 Å². The number of hydrogen-bond donors (Lipinski definition) is 1. The Hall–Kier alpha value is -0.860. The van der Waals surface area contributed by atoms with E-state index >= 15 is 0 Å². The second kappa shape index (κ2) is 6.91. The third-order valence-corrected chi connectivity index (χ3v) is 3.42. The Morgan fingerprint density at radius 1 is 1.22 bits per heavy atom. The van der Waals surface area contributed by atoms with Gasteiger partial charge in [-0.2, -0.15) is 0 Å². The zero-order valence-electron chi connectivity index (χ0n) is 12.3. The summed E-state index contributed by atoms with van der Waals surface area (Å²) in [6, 6.07) is 6.47. The summed E-state index contributed by atoms with van der Waals surface area (Å²) < 4.78 is 5.62. The van der Waals surface area contributed by atoms with Crippen LogP contribution in [0.5, 0.6) is 0 Å². The molecule has 0 aliphatic rings. The van der Waals surface area contributed by atoms with Gasteiger partial charge in [0, 0.05) is 18.8 Å². The highest BCUT2D eigenvalue weighted by Crippen LogP contribution is 2.25. The quantitative estimate of drug-likeness (QED) is 0.748. The minimum atomic E-state index is -0.303. The predicted octanol–water partition coefficient (Wildman–Crippen LogP) is 3.68. The van der Waals surface area contributed by atoms with Gasteiger partial charge >= 0.3 is 0 Å². The third-order valence-electron chi connectivity index (χ3n) is 3.42. The molecule has 0 saturated heterocycles. The van der Waals surface area contributed by atoms with E-state index in [0.29, 0.717) is 0 Å². The summed E-state index contributed by atoms with van der Waals surface area (Å²) in [5.41, 5.74) is 9.90. The Balaban J connectivity index is 2.59. The number of rotatable bonds is 7. The van der Waals surface area contributed by atoms with Crippen molar-refractivity contribution in [1.29, 1.82) is 0 Å². The van der Waals surface area contributed by atoms with Crippen LogP contribution in [0.2, 0.25) is 0 Å². The maximum atomic E-state index is 6.44. The van der Waals surface area contributed by atoms with Crippen LogP contribution in [-0.2, 0) is 10.3 Å². The van der Waals surface area contributed by atoms with E-state index in [1.807, 2.05) is 0 Å². The fraction of sp³-hybridized carbons (Fsp3) is 0.625. The summed E-state index contributed by atoms with van der Waals surface area (Å²) in [7, 11) is 0. The van der Waals surface area contributed by atoms with E-state index in [0.717, 1.165) is 26.1 Å². The summed E-state index contributed by atoms with van der Waals surface area (Å²) in [6.45, 7) is 10.1. The standard InChI is InChI=1S/C16H27NO/c1-5-6-10-18-11-9-16(4,17)15-12-13(2)7-8-14(15)3/h7-8,12H,5-6,9-11,17H2,1-4H3. The van der Waals surface area contributed by atoms with Crippen molar-refractivity contribution in [1.82, 2.24) is 0 Å². The first-order valence-electron chi connectivity index (χ1n) is 6.91. The van der Waals surface area contributed by atoms with Crippen molar-refractivity contribution in [2.24, 2.45) is 5.73 Å². The molecule has 0 aliphatic heterocycles. The van der Waals surface area contributed by atoms with Crippen LogP contribution in [0.3, 0.4) is 0 Å². The van der Waals surface area contributed by atoms with Gasteiger partial charge in [0.15, 0.2) is 0 Å². The Labute approximate surface area is 112 Å². The highest BCUT2D eigenvalue weighted by molar-refractivity contribution is 5.35. The molecule has 0 bridgehead atoms. The smallest absolute Gasteiger partial charge is 0.0486 e. The molecule has 1 aromatic carbocycles. The third kappa shape index (κ3) is 4.43. The van der Waals surface area contributed by atoms with Crippen molar-refractivity contribution >= 4 is 0 Å². The molecule has 0 saturated carbocycles. The van der Waals surface area contributed by atoms with Gasteiger partial charge in [-0.05, 0) is 44.7 Å². The Kier molecular flexibility index (Phi) is 5.83. The van der Waals surface area contributed by atoms with Crippen LogP contribution >= 0.6 is 0 Å². The minimum Gasteiger partial charge on any atom is -0.381 e. The second-order valence-corrected chi connectivity index (χ2v) is 5.45. The first-order chi connectivity index (χ1) is 8.47. The summed E-state index contributed by atoms with van der Waals surface area (Å²) in [6.07, 6.45) is 3.17. The Bertz CT molecular complexity index is 371. The van der Waals surface area contributed by atoms with Crippen molar-refractivity contribution in [2.45, 2.75) is 52.5 Å². The fourth-order valence-corrected chi connectivity index (χ4v) is 2.12. The first-order valence-corrected chi connectivity index (χ1v) is 6.91. The molecule has 2 nitrogen and oxygen atoms in total. The van der Waals surface area contributed by atoms with E-state index in [9.17, 15) is 0 Å². The van der Waals surface area contributed by atoms with Gasteiger partial charge in [0.05, 0.1) is 0 Å². The number of ether oxygens (including phenoxy) is 1. The van der Waals surface area contributed by atoms with Gasteiger partial charge < -0.3 is 10.5 Å². The van der Waals surface area contributed by atoms with Crippen LogP contribution in [-0.4, -0.2) is 13.2 Å². The molecule has 1 unspecified atom stereocenters. The van der Waals surface area contributed by atoms with Gasteiger partial charge in [0.1, 0.15) is 0 Å². The average Bonchev–Trinajstić information content (AvgIpc) is 2.32. The van der Waals surface area contributed by atoms with Crippen LogP contribution in [0.1, 0.15) is 49.8 Å². The largest absolute Gasteiger partial charge is 0.381 e. The van der Waals surface area contributed by atoms with Crippen molar-refractivity contribution in [3.8, 4) is 0 Å². The molecule has 18 heavy (non-hydrogen) atoms. The van der Waals surface area contributed by atoms with Gasteiger partial charge in [-0.1, -0.05) is 37.1 Å². The highest BCUT2D eigenvalue weighted by Gasteiger charge is 2.22. The maximum absolute atomic E-state index is 6.44. The molecule has 0 fully saturated rings. The molecule has 0 amide bonds. The van der Waals surface area contributed by atoms with Gasteiger partial charge in [0.2, 0.25) is 0 Å². The number of unbranched alkanes of at least 4 members (excludes halogenated alkanes) is 1. The number of hydrogen-bond acceptors (Lipinski definition) is 2. The molecule has 1 rings (SSSR count). The normalized spacial score (nSPS) is 14.5. The maximum Gasteiger partial charge on any atom is 0.0486 e. The van der Waals surface area contributed by atoms with Gasteiger partial charge in [-0.3, -0.25) is 0 Å². The fourth-order valence-electron chi connectivity index (χ4n) is 2.12. The van der Waals surface area contributed by atoms with E-state index in [1.165, 1.54) is 23.1 Å². The van der Waals surface area contributed by atoms with Crippen molar-refractivity contribution in [3.05, 3.63) is 34.9 Å². The number of aryl methyl sites for hydroxylation is 2.